The molecule has 100 valence electrons. The largest absolute Gasteiger partial charge is 0.319 e. The fourth-order valence-corrected chi connectivity index (χ4v) is 4.86. The number of aromatic nitrogens is 1. The van der Waals surface area contributed by atoms with E-state index in [9.17, 15) is 0 Å². The molecule has 1 aromatic heterocycles. The molecule has 0 aliphatic carbocycles. The van der Waals surface area contributed by atoms with Crippen LogP contribution in [0.5, 0.6) is 0 Å². The molecule has 0 saturated carbocycles. The number of hydrogen-bond acceptors (Lipinski definition) is 4. The van der Waals surface area contributed by atoms with Gasteiger partial charge in [0.25, 0.3) is 0 Å². The number of nitrogens with zero attached hydrogens (tertiary/aromatic N) is 2. The van der Waals surface area contributed by atoms with Gasteiger partial charge in [0, 0.05) is 23.4 Å². The minimum Gasteiger partial charge on any atom is -0.319 e. The Hall–Kier alpha value is -0.450. The molecule has 1 aromatic rings. The van der Waals surface area contributed by atoms with Gasteiger partial charge in [-0.05, 0) is 32.7 Å². The van der Waals surface area contributed by atoms with Crippen molar-refractivity contribution in [3.05, 3.63) is 15.6 Å². The summed E-state index contributed by atoms with van der Waals surface area (Å²) in [7, 11) is 2.26. The molecular weight excluding hydrogens is 242 g/mol. The third-order valence-corrected chi connectivity index (χ3v) is 6.41. The first kappa shape index (κ1) is 12.6. The van der Waals surface area contributed by atoms with Crippen molar-refractivity contribution in [3.63, 3.8) is 0 Å². The summed E-state index contributed by atoms with van der Waals surface area (Å²) in [5, 5.41) is 1.17. The zero-order chi connectivity index (χ0) is 12.9. The van der Waals surface area contributed by atoms with Gasteiger partial charge in [-0.1, -0.05) is 13.8 Å². The van der Waals surface area contributed by atoms with Crippen LogP contribution in [-0.4, -0.2) is 23.0 Å². The average molecular weight is 265 g/mol. The van der Waals surface area contributed by atoms with Crippen LogP contribution >= 0.6 is 11.3 Å². The standard InChI is InChI=1S/C14H23N3S/c1-4-14(15,5-2)13-16-10-8-9-6-7-11(17(9)3)12(10)18-13/h9,11H,4-8,15H2,1-3H3. The van der Waals surface area contributed by atoms with Crippen molar-refractivity contribution in [3.8, 4) is 0 Å². The monoisotopic (exact) mass is 265 g/mol. The third kappa shape index (κ3) is 1.66. The van der Waals surface area contributed by atoms with Crippen molar-refractivity contribution >= 4 is 11.3 Å². The lowest BCUT2D eigenvalue weighted by Gasteiger charge is -2.29. The molecule has 3 rings (SSSR count). The van der Waals surface area contributed by atoms with E-state index < -0.39 is 0 Å². The van der Waals surface area contributed by atoms with Gasteiger partial charge in [-0.2, -0.15) is 0 Å². The Balaban J connectivity index is 1.99. The Labute approximate surface area is 113 Å². The molecule has 0 spiro atoms. The van der Waals surface area contributed by atoms with E-state index in [0.29, 0.717) is 12.1 Å². The summed E-state index contributed by atoms with van der Waals surface area (Å²) >= 11 is 1.88. The van der Waals surface area contributed by atoms with Crippen LogP contribution in [0.25, 0.3) is 0 Å². The van der Waals surface area contributed by atoms with E-state index in [1.165, 1.54) is 28.4 Å². The van der Waals surface area contributed by atoms with Crippen molar-refractivity contribution in [1.29, 1.82) is 0 Å². The highest BCUT2D eigenvalue weighted by molar-refractivity contribution is 7.12. The summed E-state index contributed by atoms with van der Waals surface area (Å²) < 4.78 is 0. The van der Waals surface area contributed by atoms with Gasteiger partial charge in [0.05, 0.1) is 11.2 Å². The van der Waals surface area contributed by atoms with Gasteiger partial charge < -0.3 is 5.73 Å². The quantitative estimate of drug-likeness (QED) is 0.914. The number of nitrogens with two attached hydrogens (primary N) is 1. The van der Waals surface area contributed by atoms with Gasteiger partial charge in [-0.15, -0.1) is 11.3 Å². The molecule has 2 aliphatic rings. The highest BCUT2D eigenvalue weighted by Crippen LogP contribution is 2.46. The average Bonchev–Trinajstić information content (AvgIpc) is 2.91. The van der Waals surface area contributed by atoms with E-state index >= 15 is 0 Å². The second kappa shape index (κ2) is 4.29. The summed E-state index contributed by atoms with van der Waals surface area (Å²) in [5.74, 6) is 0. The molecule has 2 unspecified atom stereocenters. The fraction of sp³-hybridized carbons (Fsp3) is 0.786. The van der Waals surface area contributed by atoms with Crippen LogP contribution in [0.4, 0.5) is 0 Å². The lowest BCUT2D eigenvalue weighted by molar-refractivity contribution is 0.226. The van der Waals surface area contributed by atoms with Crippen LogP contribution in [0.3, 0.4) is 0 Å². The lowest BCUT2D eigenvalue weighted by atomic mass is 9.95. The Bertz CT molecular complexity index is 450. The number of rotatable bonds is 3. The molecule has 4 heteroatoms. The molecule has 0 radical (unpaired) electrons. The topological polar surface area (TPSA) is 42.1 Å². The summed E-state index contributed by atoms with van der Waals surface area (Å²) in [6, 6.07) is 1.33. The van der Waals surface area contributed by atoms with Gasteiger partial charge in [0.15, 0.2) is 0 Å². The lowest BCUT2D eigenvalue weighted by Crippen LogP contribution is -2.35. The molecule has 2 aliphatic heterocycles. The van der Waals surface area contributed by atoms with Gasteiger partial charge in [0.1, 0.15) is 5.01 Å². The van der Waals surface area contributed by atoms with E-state index in [1.54, 1.807) is 0 Å². The Morgan fingerprint density at radius 2 is 2.11 bits per heavy atom. The van der Waals surface area contributed by atoms with E-state index in [0.717, 1.165) is 19.3 Å². The minimum absolute atomic E-state index is 0.209. The van der Waals surface area contributed by atoms with Crippen LogP contribution in [0.2, 0.25) is 0 Å². The maximum atomic E-state index is 6.50. The molecule has 0 amide bonds. The van der Waals surface area contributed by atoms with Crippen molar-refractivity contribution in [1.82, 2.24) is 9.88 Å². The van der Waals surface area contributed by atoms with E-state index in [4.69, 9.17) is 10.7 Å². The summed E-state index contributed by atoms with van der Waals surface area (Å²) in [6.07, 6.45) is 5.70. The number of hydrogen-bond donors (Lipinski definition) is 1. The molecule has 3 heterocycles. The normalized spacial score (nSPS) is 27.6. The van der Waals surface area contributed by atoms with Crippen molar-refractivity contribution in [2.45, 2.75) is 63.6 Å². The van der Waals surface area contributed by atoms with Crippen molar-refractivity contribution in [2.24, 2.45) is 5.73 Å². The minimum atomic E-state index is -0.209. The maximum Gasteiger partial charge on any atom is 0.113 e. The predicted octanol–water partition coefficient (Wildman–Crippen LogP) is 2.81. The van der Waals surface area contributed by atoms with Gasteiger partial charge in [-0.3, -0.25) is 4.90 Å². The second-order valence-corrected chi connectivity index (χ2v) is 6.84. The maximum absolute atomic E-state index is 6.50. The molecule has 1 fully saturated rings. The number of thiazole rings is 1. The SMILES string of the molecule is CCC(N)(CC)c1nc2c(s1)C1CCC(C2)N1C. The van der Waals surface area contributed by atoms with Crippen LogP contribution in [0.15, 0.2) is 0 Å². The van der Waals surface area contributed by atoms with Gasteiger partial charge in [0.2, 0.25) is 0 Å². The number of likely N-dealkylation sites (N-methyl/N-ethyl adjacent to an activating group) is 1. The van der Waals surface area contributed by atoms with Crippen molar-refractivity contribution < 1.29 is 0 Å². The van der Waals surface area contributed by atoms with Crippen LogP contribution in [0.1, 0.15) is 61.2 Å². The van der Waals surface area contributed by atoms with Crippen molar-refractivity contribution in [2.75, 3.05) is 7.05 Å². The summed E-state index contributed by atoms with van der Waals surface area (Å²) in [4.78, 5) is 8.95. The zero-order valence-electron chi connectivity index (χ0n) is 11.6. The fourth-order valence-electron chi connectivity index (χ4n) is 3.33. The zero-order valence-corrected chi connectivity index (χ0v) is 12.4. The Morgan fingerprint density at radius 1 is 1.39 bits per heavy atom. The van der Waals surface area contributed by atoms with E-state index in [1.807, 2.05) is 11.3 Å². The molecule has 2 bridgehead atoms. The van der Waals surface area contributed by atoms with Crippen LogP contribution < -0.4 is 5.73 Å². The molecule has 2 N–H and O–H groups in total. The van der Waals surface area contributed by atoms with Crippen LogP contribution in [0, 0.1) is 0 Å². The molecule has 2 atom stereocenters. The molecule has 18 heavy (non-hydrogen) atoms. The smallest absolute Gasteiger partial charge is 0.113 e. The first-order valence-corrected chi connectivity index (χ1v) is 7.91. The first-order valence-electron chi connectivity index (χ1n) is 7.10. The molecule has 3 nitrogen and oxygen atoms in total. The highest BCUT2D eigenvalue weighted by atomic mass is 32.1. The van der Waals surface area contributed by atoms with Gasteiger partial charge >= 0.3 is 0 Å². The highest BCUT2D eigenvalue weighted by Gasteiger charge is 2.41. The first-order chi connectivity index (χ1) is 8.59. The van der Waals surface area contributed by atoms with E-state index in [-0.39, 0.29) is 5.54 Å². The van der Waals surface area contributed by atoms with Crippen LogP contribution in [-0.2, 0) is 12.0 Å². The molecular formula is C14H23N3S. The van der Waals surface area contributed by atoms with E-state index in [2.05, 4.69) is 25.8 Å². The summed E-state index contributed by atoms with van der Waals surface area (Å²) in [5.41, 5.74) is 7.63. The summed E-state index contributed by atoms with van der Waals surface area (Å²) in [6.45, 7) is 4.34. The third-order valence-electron chi connectivity index (χ3n) is 4.99. The Morgan fingerprint density at radius 3 is 2.78 bits per heavy atom. The Kier molecular flexibility index (Phi) is 3.00. The molecule has 1 saturated heterocycles. The predicted molar refractivity (Wildman–Crippen MR) is 75.8 cm³/mol. The number of fused-ring (bicyclic) bond motifs is 4. The van der Waals surface area contributed by atoms with Gasteiger partial charge in [-0.25, -0.2) is 4.98 Å². The second-order valence-electron chi connectivity index (χ2n) is 5.81. The molecule has 0 aromatic carbocycles.